The summed E-state index contributed by atoms with van der Waals surface area (Å²) in [7, 11) is 0. The summed E-state index contributed by atoms with van der Waals surface area (Å²) in [6.45, 7) is 5.55. The predicted molar refractivity (Wildman–Crippen MR) is 115 cm³/mol. The molecule has 9 heteroatoms. The van der Waals surface area contributed by atoms with E-state index in [1.54, 1.807) is 53.3 Å². The highest BCUT2D eigenvalue weighted by atomic mass is 16.6. The molecule has 0 radical (unpaired) electrons. The van der Waals surface area contributed by atoms with E-state index in [-0.39, 0.29) is 30.0 Å². The maximum atomic E-state index is 12.7. The van der Waals surface area contributed by atoms with Crippen LogP contribution in [0.3, 0.4) is 0 Å². The molecule has 1 aromatic carbocycles. The van der Waals surface area contributed by atoms with Crippen LogP contribution in [0.2, 0.25) is 0 Å². The first-order chi connectivity index (χ1) is 14.9. The van der Waals surface area contributed by atoms with Crippen molar-refractivity contribution in [1.29, 1.82) is 0 Å². The number of nitrogens with one attached hydrogen (secondary N) is 1. The van der Waals surface area contributed by atoms with Crippen molar-refractivity contribution in [2.24, 2.45) is 0 Å². The molecule has 0 bridgehead atoms. The van der Waals surface area contributed by atoms with E-state index in [0.717, 1.165) is 5.56 Å². The van der Waals surface area contributed by atoms with Crippen molar-refractivity contribution in [3.63, 3.8) is 0 Å². The van der Waals surface area contributed by atoms with Gasteiger partial charge in [-0.3, -0.25) is 14.4 Å². The van der Waals surface area contributed by atoms with Crippen LogP contribution < -0.4 is 10.9 Å². The Balaban J connectivity index is 1.54. The summed E-state index contributed by atoms with van der Waals surface area (Å²) in [5.41, 5.74) is 1.68. The molecule has 3 amide bonds. The number of ether oxygens (including phenoxy) is 1. The molecule has 1 aliphatic heterocycles. The molecule has 1 aliphatic rings. The number of nitrogens with zero attached hydrogens (tertiary/aromatic N) is 3. The van der Waals surface area contributed by atoms with Gasteiger partial charge in [0.15, 0.2) is 0 Å². The first-order valence-corrected chi connectivity index (χ1v) is 10.2. The van der Waals surface area contributed by atoms with E-state index in [1.165, 1.54) is 10.6 Å². The van der Waals surface area contributed by atoms with Crippen LogP contribution in [0.5, 0.6) is 0 Å². The van der Waals surface area contributed by atoms with E-state index < -0.39 is 0 Å². The van der Waals surface area contributed by atoms with Gasteiger partial charge in [-0.05, 0) is 43.7 Å². The molecular formula is C22H26N4O5. The lowest BCUT2D eigenvalue weighted by Crippen LogP contribution is -2.50. The summed E-state index contributed by atoms with van der Waals surface area (Å²) >= 11 is 0. The molecule has 0 saturated carbocycles. The maximum absolute atomic E-state index is 12.7. The van der Waals surface area contributed by atoms with Gasteiger partial charge in [0.05, 0.1) is 6.61 Å². The highest BCUT2D eigenvalue weighted by molar-refractivity contribution is 5.96. The molecule has 3 rings (SSSR count). The zero-order valence-electron chi connectivity index (χ0n) is 17.7. The molecule has 0 unspecified atom stereocenters. The molecule has 1 fully saturated rings. The van der Waals surface area contributed by atoms with E-state index in [4.69, 9.17) is 4.74 Å². The molecule has 0 atom stereocenters. The monoisotopic (exact) mass is 426 g/mol. The molecule has 2 heterocycles. The Bertz CT molecular complexity index is 1010. The molecule has 0 spiro atoms. The Morgan fingerprint density at radius 2 is 1.61 bits per heavy atom. The number of benzene rings is 1. The number of hydrogen-bond donors (Lipinski definition) is 1. The van der Waals surface area contributed by atoms with Gasteiger partial charge in [0.25, 0.3) is 11.5 Å². The van der Waals surface area contributed by atoms with Gasteiger partial charge in [0.1, 0.15) is 6.54 Å². The molecule has 9 nitrogen and oxygen atoms in total. The van der Waals surface area contributed by atoms with Crippen LogP contribution in [0.1, 0.15) is 22.8 Å². The number of aryl methyl sites for hydroxylation is 1. The molecule has 2 aromatic rings. The van der Waals surface area contributed by atoms with E-state index in [9.17, 15) is 19.2 Å². The van der Waals surface area contributed by atoms with Crippen LogP contribution in [0.4, 0.5) is 10.5 Å². The predicted octanol–water partition coefficient (Wildman–Crippen LogP) is 1.71. The average Bonchev–Trinajstić information content (AvgIpc) is 2.76. The van der Waals surface area contributed by atoms with Gasteiger partial charge in [0.2, 0.25) is 5.91 Å². The van der Waals surface area contributed by atoms with Gasteiger partial charge in [-0.1, -0.05) is 6.07 Å². The Kier molecular flexibility index (Phi) is 7.07. The Morgan fingerprint density at radius 1 is 0.968 bits per heavy atom. The fraction of sp³-hybridized carbons (Fsp3) is 0.364. The topological polar surface area (TPSA) is 101 Å². The van der Waals surface area contributed by atoms with Crippen molar-refractivity contribution in [3.05, 3.63) is 64.1 Å². The summed E-state index contributed by atoms with van der Waals surface area (Å²) in [5, 5.41) is 2.73. The molecule has 31 heavy (non-hydrogen) atoms. The number of hydrogen-bond acceptors (Lipinski definition) is 5. The second-order valence-corrected chi connectivity index (χ2v) is 7.28. The number of carbonyl (C=O) groups is 3. The Labute approximate surface area is 180 Å². The molecule has 1 saturated heterocycles. The van der Waals surface area contributed by atoms with Crippen LogP contribution in [-0.2, 0) is 16.1 Å². The molecule has 1 aromatic heterocycles. The fourth-order valence-corrected chi connectivity index (χ4v) is 3.32. The van der Waals surface area contributed by atoms with Crippen LogP contribution in [0.15, 0.2) is 47.4 Å². The van der Waals surface area contributed by atoms with Crippen molar-refractivity contribution < 1.29 is 19.1 Å². The van der Waals surface area contributed by atoms with E-state index in [1.807, 2.05) is 6.92 Å². The maximum Gasteiger partial charge on any atom is 0.409 e. The van der Waals surface area contributed by atoms with Crippen molar-refractivity contribution in [3.8, 4) is 0 Å². The summed E-state index contributed by atoms with van der Waals surface area (Å²) < 4.78 is 6.33. The van der Waals surface area contributed by atoms with E-state index >= 15 is 0 Å². The smallest absolute Gasteiger partial charge is 0.409 e. The number of carbonyl (C=O) groups excluding carboxylic acids is 3. The third kappa shape index (κ3) is 5.71. The first kappa shape index (κ1) is 22.1. The van der Waals surface area contributed by atoms with Crippen molar-refractivity contribution >= 4 is 23.6 Å². The number of rotatable bonds is 5. The SMILES string of the molecule is CCOC(=O)N1CCN(C(=O)c2ccc(NC(=O)Cn3cc(C)ccc3=O)cc2)CC1. The number of pyridine rings is 1. The molecule has 164 valence electrons. The van der Waals surface area contributed by atoms with Gasteiger partial charge in [-0.25, -0.2) is 4.79 Å². The summed E-state index contributed by atoms with van der Waals surface area (Å²) in [4.78, 5) is 51.8. The van der Waals surface area contributed by atoms with Crippen LogP contribution >= 0.6 is 0 Å². The van der Waals surface area contributed by atoms with Gasteiger partial charge in [-0.15, -0.1) is 0 Å². The number of amides is 3. The zero-order chi connectivity index (χ0) is 22.4. The van der Waals surface area contributed by atoms with E-state index in [0.29, 0.717) is 44.0 Å². The van der Waals surface area contributed by atoms with Crippen LogP contribution in [0.25, 0.3) is 0 Å². The van der Waals surface area contributed by atoms with E-state index in [2.05, 4.69) is 5.32 Å². The van der Waals surface area contributed by atoms with Gasteiger partial charge >= 0.3 is 6.09 Å². The van der Waals surface area contributed by atoms with Gasteiger partial charge < -0.3 is 24.4 Å². The van der Waals surface area contributed by atoms with Gasteiger partial charge in [-0.2, -0.15) is 0 Å². The minimum absolute atomic E-state index is 0.0913. The molecular weight excluding hydrogens is 400 g/mol. The highest BCUT2D eigenvalue weighted by Gasteiger charge is 2.25. The van der Waals surface area contributed by atoms with Crippen LogP contribution in [-0.4, -0.2) is 65.1 Å². The second kappa shape index (κ2) is 9.92. The summed E-state index contributed by atoms with van der Waals surface area (Å²) in [5.74, 6) is -0.463. The largest absolute Gasteiger partial charge is 0.450 e. The second-order valence-electron chi connectivity index (χ2n) is 7.28. The van der Waals surface area contributed by atoms with Crippen LogP contribution in [0, 0.1) is 6.92 Å². The number of piperazine rings is 1. The lowest BCUT2D eigenvalue weighted by molar-refractivity contribution is -0.116. The summed E-state index contributed by atoms with van der Waals surface area (Å²) in [6.07, 6.45) is 1.27. The number of aromatic nitrogens is 1. The lowest BCUT2D eigenvalue weighted by atomic mass is 10.1. The quantitative estimate of drug-likeness (QED) is 0.784. The Hall–Kier alpha value is -3.62. The lowest BCUT2D eigenvalue weighted by Gasteiger charge is -2.34. The molecule has 0 aliphatic carbocycles. The highest BCUT2D eigenvalue weighted by Crippen LogP contribution is 2.14. The number of anilines is 1. The summed E-state index contributed by atoms with van der Waals surface area (Å²) in [6, 6.07) is 9.72. The van der Waals surface area contributed by atoms with Crippen molar-refractivity contribution in [1.82, 2.24) is 14.4 Å². The van der Waals surface area contributed by atoms with Crippen molar-refractivity contribution in [2.75, 3.05) is 38.1 Å². The van der Waals surface area contributed by atoms with Crippen molar-refractivity contribution in [2.45, 2.75) is 20.4 Å². The minimum Gasteiger partial charge on any atom is -0.450 e. The normalized spacial score (nSPS) is 13.6. The fourth-order valence-electron chi connectivity index (χ4n) is 3.32. The zero-order valence-corrected chi connectivity index (χ0v) is 17.7. The third-order valence-electron chi connectivity index (χ3n) is 4.95. The minimum atomic E-state index is -0.359. The Morgan fingerprint density at radius 3 is 2.26 bits per heavy atom. The average molecular weight is 426 g/mol. The third-order valence-corrected chi connectivity index (χ3v) is 4.95. The first-order valence-electron chi connectivity index (χ1n) is 10.2. The van der Waals surface area contributed by atoms with Gasteiger partial charge in [0, 0.05) is 49.7 Å². The molecule has 1 N–H and O–H groups in total. The standard InChI is InChI=1S/C22H26N4O5/c1-3-31-22(30)25-12-10-24(11-13-25)21(29)17-5-7-18(8-6-17)23-19(27)15-26-14-16(2)4-9-20(26)28/h4-9,14H,3,10-13,15H2,1-2H3,(H,23,27).